The van der Waals surface area contributed by atoms with E-state index in [1.165, 1.54) is 48.9 Å². The van der Waals surface area contributed by atoms with Gasteiger partial charge in [-0.05, 0) is 76.5 Å². The van der Waals surface area contributed by atoms with Crippen molar-refractivity contribution in [3.8, 4) is 34.0 Å². The second-order valence-electron chi connectivity index (χ2n) is 11.4. The molecule has 1 aliphatic heterocycles. The molecule has 2 aromatic heterocycles. The molecule has 10 rings (SSSR count). The monoisotopic (exact) mass is 548 g/mol. The first-order valence-electron chi connectivity index (χ1n) is 14.7. The molecule has 43 heavy (non-hydrogen) atoms. The molecule has 0 saturated heterocycles. The molecule has 3 heterocycles. The van der Waals surface area contributed by atoms with E-state index >= 15 is 0 Å². The second kappa shape index (κ2) is 8.37. The fourth-order valence-electron chi connectivity index (χ4n) is 7.22. The summed E-state index contributed by atoms with van der Waals surface area (Å²) in [6.07, 6.45) is 0. The standard InChI is InChI=1S/C40H24N2O/c1-2-10-29-26(9-1)19-22-36-39(29)31-12-4-6-14-34(31)41(36)28-20-17-25(18-21-28)27-23-32-30-11-3-5-13-33(30)42-35-15-7-8-16-37(35)43-38(24-27)40(32)42/h1-24H. The van der Waals surface area contributed by atoms with E-state index in [-0.39, 0.29) is 0 Å². The van der Waals surface area contributed by atoms with Crippen molar-refractivity contribution < 1.29 is 4.74 Å². The first-order valence-corrected chi connectivity index (χ1v) is 14.7. The number of para-hydroxylation sites is 4. The molecule has 0 aliphatic carbocycles. The molecule has 0 N–H and O–H groups in total. The van der Waals surface area contributed by atoms with Crippen molar-refractivity contribution in [1.29, 1.82) is 0 Å². The molecular formula is C40H24N2O. The van der Waals surface area contributed by atoms with E-state index in [9.17, 15) is 0 Å². The maximum absolute atomic E-state index is 6.53. The van der Waals surface area contributed by atoms with Crippen LogP contribution < -0.4 is 4.74 Å². The average molecular weight is 549 g/mol. The lowest BCUT2D eigenvalue weighted by molar-refractivity contribution is 0.476. The smallest absolute Gasteiger partial charge is 0.152 e. The molecule has 9 aromatic rings. The fraction of sp³-hybridized carbons (Fsp3) is 0. The normalized spacial score (nSPS) is 12.4. The second-order valence-corrected chi connectivity index (χ2v) is 11.4. The molecule has 3 heteroatoms. The van der Waals surface area contributed by atoms with Crippen LogP contribution in [0.25, 0.3) is 76.9 Å². The van der Waals surface area contributed by atoms with E-state index in [1.54, 1.807) is 0 Å². The van der Waals surface area contributed by atoms with Crippen LogP contribution in [-0.4, -0.2) is 9.13 Å². The van der Waals surface area contributed by atoms with Gasteiger partial charge in [-0.2, -0.15) is 0 Å². The highest BCUT2D eigenvalue weighted by molar-refractivity contribution is 6.21. The predicted octanol–water partition coefficient (Wildman–Crippen LogP) is 10.8. The number of rotatable bonds is 2. The molecule has 0 bridgehead atoms. The van der Waals surface area contributed by atoms with E-state index in [0.717, 1.165) is 39.5 Å². The highest BCUT2D eigenvalue weighted by Gasteiger charge is 2.24. The number of hydrogen-bond acceptors (Lipinski definition) is 1. The Morgan fingerprint density at radius 2 is 1.12 bits per heavy atom. The third-order valence-electron chi connectivity index (χ3n) is 9.08. The van der Waals surface area contributed by atoms with Gasteiger partial charge in [0, 0.05) is 27.2 Å². The van der Waals surface area contributed by atoms with Crippen LogP contribution >= 0.6 is 0 Å². The largest absolute Gasteiger partial charge is 0.453 e. The third kappa shape index (κ3) is 3.08. The number of fused-ring (bicyclic) bond motifs is 10. The van der Waals surface area contributed by atoms with Crippen LogP contribution in [0.3, 0.4) is 0 Å². The van der Waals surface area contributed by atoms with Gasteiger partial charge < -0.3 is 13.9 Å². The van der Waals surface area contributed by atoms with Crippen molar-refractivity contribution in [2.24, 2.45) is 0 Å². The Morgan fingerprint density at radius 1 is 0.419 bits per heavy atom. The minimum absolute atomic E-state index is 0.879. The van der Waals surface area contributed by atoms with Crippen molar-refractivity contribution in [2.45, 2.75) is 0 Å². The van der Waals surface area contributed by atoms with Crippen LogP contribution in [0.2, 0.25) is 0 Å². The summed E-state index contributed by atoms with van der Waals surface area (Å²) in [5.41, 5.74) is 9.29. The highest BCUT2D eigenvalue weighted by Crippen LogP contribution is 2.47. The van der Waals surface area contributed by atoms with Gasteiger partial charge in [-0.15, -0.1) is 0 Å². The number of nitrogens with zero attached hydrogens (tertiary/aromatic N) is 2. The summed E-state index contributed by atoms with van der Waals surface area (Å²) < 4.78 is 11.3. The van der Waals surface area contributed by atoms with Crippen molar-refractivity contribution in [3.63, 3.8) is 0 Å². The van der Waals surface area contributed by atoms with Crippen molar-refractivity contribution >= 4 is 54.4 Å². The topological polar surface area (TPSA) is 19.1 Å². The summed E-state index contributed by atoms with van der Waals surface area (Å²) in [6.45, 7) is 0. The van der Waals surface area contributed by atoms with Crippen LogP contribution in [0, 0.1) is 0 Å². The zero-order valence-corrected chi connectivity index (χ0v) is 23.2. The summed E-state index contributed by atoms with van der Waals surface area (Å²) in [4.78, 5) is 0. The Labute approximate surface area is 247 Å². The first-order chi connectivity index (χ1) is 21.3. The SMILES string of the molecule is c1ccc2c(c1)Oc1cc(-c3ccc(-n4c5ccccc5c5c6ccccc6ccc54)cc3)cc3c4ccccc4n-2c13. The van der Waals surface area contributed by atoms with Crippen LogP contribution in [0.1, 0.15) is 0 Å². The van der Waals surface area contributed by atoms with E-state index in [1.807, 2.05) is 6.07 Å². The third-order valence-corrected chi connectivity index (χ3v) is 9.08. The van der Waals surface area contributed by atoms with E-state index < -0.39 is 0 Å². The van der Waals surface area contributed by atoms with Gasteiger partial charge in [-0.25, -0.2) is 0 Å². The summed E-state index contributed by atoms with van der Waals surface area (Å²) >= 11 is 0. The fourth-order valence-corrected chi connectivity index (χ4v) is 7.22. The quantitative estimate of drug-likeness (QED) is 0.210. The van der Waals surface area contributed by atoms with Gasteiger partial charge in [0.1, 0.15) is 0 Å². The zero-order chi connectivity index (χ0) is 28.1. The lowest BCUT2D eigenvalue weighted by atomic mass is 10.0. The minimum Gasteiger partial charge on any atom is -0.453 e. The van der Waals surface area contributed by atoms with Crippen molar-refractivity contribution in [1.82, 2.24) is 9.13 Å². The summed E-state index contributed by atoms with van der Waals surface area (Å²) in [7, 11) is 0. The minimum atomic E-state index is 0.879. The van der Waals surface area contributed by atoms with E-state index in [0.29, 0.717) is 0 Å². The van der Waals surface area contributed by atoms with Crippen LogP contribution in [0.4, 0.5) is 0 Å². The number of ether oxygens (including phenoxy) is 1. The Balaban J connectivity index is 1.17. The Hall–Kier alpha value is -5.80. The van der Waals surface area contributed by atoms with Gasteiger partial charge in [0.2, 0.25) is 0 Å². The van der Waals surface area contributed by atoms with Gasteiger partial charge in [0.15, 0.2) is 11.5 Å². The molecule has 1 aliphatic rings. The van der Waals surface area contributed by atoms with Gasteiger partial charge in [-0.3, -0.25) is 0 Å². The first kappa shape index (κ1) is 22.8. The molecule has 0 spiro atoms. The maximum atomic E-state index is 6.53. The molecule has 200 valence electrons. The number of hydrogen-bond donors (Lipinski definition) is 0. The number of benzene rings is 7. The van der Waals surface area contributed by atoms with Crippen LogP contribution in [-0.2, 0) is 0 Å². The molecule has 0 unspecified atom stereocenters. The lowest BCUT2D eigenvalue weighted by Gasteiger charge is -2.21. The van der Waals surface area contributed by atoms with Crippen molar-refractivity contribution in [2.75, 3.05) is 0 Å². The number of aromatic nitrogens is 2. The van der Waals surface area contributed by atoms with Gasteiger partial charge in [0.25, 0.3) is 0 Å². The Kier molecular flexibility index (Phi) is 4.45. The van der Waals surface area contributed by atoms with Crippen LogP contribution in [0.5, 0.6) is 11.5 Å². The average Bonchev–Trinajstić information content (AvgIpc) is 3.59. The van der Waals surface area contributed by atoms with E-state index in [4.69, 9.17) is 4.74 Å². The highest BCUT2D eigenvalue weighted by atomic mass is 16.5. The Morgan fingerprint density at radius 3 is 1.98 bits per heavy atom. The molecule has 0 saturated carbocycles. The molecule has 0 atom stereocenters. The van der Waals surface area contributed by atoms with Gasteiger partial charge >= 0.3 is 0 Å². The molecule has 0 amide bonds. The zero-order valence-electron chi connectivity index (χ0n) is 23.2. The molecule has 0 radical (unpaired) electrons. The molecular weight excluding hydrogens is 524 g/mol. The Bertz CT molecular complexity index is 2580. The maximum Gasteiger partial charge on any atom is 0.152 e. The molecule has 3 nitrogen and oxygen atoms in total. The summed E-state index contributed by atoms with van der Waals surface area (Å²) in [6, 6.07) is 52.3. The van der Waals surface area contributed by atoms with Gasteiger partial charge in [-0.1, -0.05) is 91.0 Å². The molecule has 7 aromatic carbocycles. The molecule has 0 fully saturated rings. The summed E-state index contributed by atoms with van der Waals surface area (Å²) in [5, 5.41) is 7.56. The van der Waals surface area contributed by atoms with Gasteiger partial charge in [0.05, 0.1) is 27.8 Å². The lowest BCUT2D eigenvalue weighted by Crippen LogP contribution is -2.03. The van der Waals surface area contributed by atoms with Crippen LogP contribution in [0.15, 0.2) is 146 Å². The predicted molar refractivity (Wildman–Crippen MR) is 178 cm³/mol. The van der Waals surface area contributed by atoms with E-state index in [2.05, 4.69) is 149 Å². The summed E-state index contributed by atoms with van der Waals surface area (Å²) in [5.74, 6) is 1.77. The van der Waals surface area contributed by atoms with Crippen molar-refractivity contribution in [3.05, 3.63) is 146 Å².